The smallest absolute Gasteiger partial charge is 0.0654 e. The molecule has 14 heavy (non-hydrogen) atoms. The third-order valence-corrected chi connectivity index (χ3v) is 4.02. The molecule has 0 aromatic carbocycles. The summed E-state index contributed by atoms with van der Waals surface area (Å²) in [5.74, 6) is 2.06. The second kappa shape index (κ2) is 4.63. The lowest BCUT2D eigenvalue weighted by Gasteiger charge is -2.32. The van der Waals surface area contributed by atoms with Crippen LogP contribution in [0.2, 0.25) is 0 Å². The van der Waals surface area contributed by atoms with Gasteiger partial charge in [0.15, 0.2) is 0 Å². The summed E-state index contributed by atoms with van der Waals surface area (Å²) < 4.78 is 5.77. The standard InChI is InChI=1S/C12H22O2/c1-9-2-4-10(5-3-9)12-11(8-13)6-7-14-12/h9-13H,2-8H2,1H3. The van der Waals surface area contributed by atoms with Gasteiger partial charge in [-0.3, -0.25) is 0 Å². The SMILES string of the molecule is CC1CCC(C2OCCC2CO)CC1. The summed E-state index contributed by atoms with van der Waals surface area (Å²) in [7, 11) is 0. The monoisotopic (exact) mass is 198 g/mol. The predicted octanol–water partition coefficient (Wildman–Crippen LogP) is 2.21. The molecule has 2 rings (SSSR count). The van der Waals surface area contributed by atoms with Gasteiger partial charge in [0.05, 0.1) is 6.10 Å². The minimum absolute atomic E-state index is 0.316. The molecule has 0 bridgehead atoms. The normalized spacial score (nSPS) is 44.1. The van der Waals surface area contributed by atoms with Gasteiger partial charge < -0.3 is 9.84 Å². The van der Waals surface area contributed by atoms with Crippen LogP contribution in [0.4, 0.5) is 0 Å². The number of hydrogen-bond donors (Lipinski definition) is 1. The van der Waals surface area contributed by atoms with Gasteiger partial charge in [-0.05, 0) is 31.1 Å². The summed E-state index contributed by atoms with van der Waals surface area (Å²) >= 11 is 0. The second-order valence-electron chi connectivity index (χ2n) is 5.09. The maximum atomic E-state index is 9.24. The molecule has 2 nitrogen and oxygen atoms in total. The largest absolute Gasteiger partial charge is 0.396 e. The van der Waals surface area contributed by atoms with E-state index in [0.29, 0.717) is 18.6 Å². The van der Waals surface area contributed by atoms with E-state index in [1.807, 2.05) is 0 Å². The Bertz CT molecular complexity index is 173. The third-order valence-electron chi connectivity index (χ3n) is 4.02. The van der Waals surface area contributed by atoms with Gasteiger partial charge in [-0.1, -0.05) is 19.8 Å². The zero-order valence-corrected chi connectivity index (χ0v) is 9.11. The van der Waals surface area contributed by atoms with Crippen LogP contribution in [-0.4, -0.2) is 24.4 Å². The Kier molecular flexibility index (Phi) is 3.45. The summed E-state index contributed by atoms with van der Waals surface area (Å²) in [6, 6.07) is 0. The first kappa shape index (κ1) is 10.4. The summed E-state index contributed by atoms with van der Waals surface area (Å²) in [4.78, 5) is 0. The molecule has 1 saturated carbocycles. The fourth-order valence-electron chi connectivity index (χ4n) is 2.99. The highest BCUT2D eigenvalue weighted by Crippen LogP contribution is 2.37. The molecular formula is C12H22O2. The molecule has 0 aromatic rings. The van der Waals surface area contributed by atoms with Crippen LogP contribution in [0.15, 0.2) is 0 Å². The van der Waals surface area contributed by atoms with Crippen LogP contribution in [0.3, 0.4) is 0 Å². The van der Waals surface area contributed by atoms with Crippen molar-refractivity contribution < 1.29 is 9.84 Å². The van der Waals surface area contributed by atoms with E-state index in [-0.39, 0.29) is 0 Å². The summed E-state index contributed by atoms with van der Waals surface area (Å²) in [6.07, 6.45) is 6.75. The Labute approximate surface area is 86.6 Å². The van der Waals surface area contributed by atoms with Gasteiger partial charge in [-0.25, -0.2) is 0 Å². The van der Waals surface area contributed by atoms with Crippen molar-refractivity contribution in [2.45, 2.75) is 45.1 Å². The molecule has 1 saturated heterocycles. The van der Waals surface area contributed by atoms with Crippen molar-refractivity contribution in [2.75, 3.05) is 13.2 Å². The van der Waals surface area contributed by atoms with Gasteiger partial charge in [-0.15, -0.1) is 0 Å². The highest BCUT2D eigenvalue weighted by Gasteiger charge is 2.35. The van der Waals surface area contributed by atoms with E-state index in [4.69, 9.17) is 4.74 Å². The molecular weight excluding hydrogens is 176 g/mol. The Hall–Kier alpha value is -0.0800. The van der Waals surface area contributed by atoms with Crippen molar-refractivity contribution >= 4 is 0 Å². The van der Waals surface area contributed by atoms with Crippen molar-refractivity contribution in [3.63, 3.8) is 0 Å². The molecule has 0 radical (unpaired) electrons. The third kappa shape index (κ3) is 2.12. The quantitative estimate of drug-likeness (QED) is 0.737. The molecule has 1 N–H and O–H groups in total. The summed E-state index contributed by atoms with van der Waals surface area (Å²) in [5.41, 5.74) is 0. The van der Waals surface area contributed by atoms with E-state index in [1.165, 1.54) is 25.7 Å². The Morgan fingerprint density at radius 2 is 1.86 bits per heavy atom. The molecule has 82 valence electrons. The lowest BCUT2D eigenvalue weighted by Crippen LogP contribution is -2.31. The molecule has 0 aromatic heterocycles. The maximum Gasteiger partial charge on any atom is 0.0654 e. The number of aliphatic hydroxyl groups excluding tert-OH is 1. The van der Waals surface area contributed by atoms with Gasteiger partial charge in [0.25, 0.3) is 0 Å². The first-order valence-corrected chi connectivity index (χ1v) is 6.03. The van der Waals surface area contributed by atoms with E-state index in [0.717, 1.165) is 24.9 Å². The average Bonchev–Trinajstić information content (AvgIpc) is 2.67. The van der Waals surface area contributed by atoms with Crippen LogP contribution >= 0.6 is 0 Å². The van der Waals surface area contributed by atoms with E-state index in [9.17, 15) is 5.11 Å². The minimum atomic E-state index is 0.316. The Morgan fingerprint density at radius 1 is 1.14 bits per heavy atom. The van der Waals surface area contributed by atoms with E-state index >= 15 is 0 Å². The molecule has 2 unspecified atom stereocenters. The van der Waals surface area contributed by atoms with Crippen LogP contribution in [0, 0.1) is 17.8 Å². The van der Waals surface area contributed by atoms with Crippen molar-refractivity contribution in [3.05, 3.63) is 0 Å². The molecule has 0 amide bonds. The first-order valence-electron chi connectivity index (χ1n) is 6.03. The van der Waals surface area contributed by atoms with Crippen LogP contribution in [-0.2, 0) is 4.74 Å². The van der Waals surface area contributed by atoms with E-state index in [1.54, 1.807) is 0 Å². The fourth-order valence-corrected chi connectivity index (χ4v) is 2.99. The maximum absolute atomic E-state index is 9.24. The van der Waals surface area contributed by atoms with Crippen molar-refractivity contribution in [3.8, 4) is 0 Å². The van der Waals surface area contributed by atoms with Crippen LogP contribution in [0.1, 0.15) is 39.0 Å². The summed E-state index contributed by atoms with van der Waals surface area (Å²) in [5, 5.41) is 9.24. The van der Waals surface area contributed by atoms with Gasteiger partial charge in [-0.2, -0.15) is 0 Å². The zero-order valence-electron chi connectivity index (χ0n) is 9.11. The lowest BCUT2D eigenvalue weighted by atomic mass is 9.77. The second-order valence-corrected chi connectivity index (χ2v) is 5.09. The van der Waals surface area contributed by atoms with Crippen molar-refractivity contribution in [2.24, 2.45) is 17.8 Å². The fraction of sp³-hybridized carbons (Fsp3) is 1.00. The number of ether oxygens (including phenoxy) is 1. The first-order chi connectivity index (χ1) is 6.81. The van der Waals surface area contributed by atoms with Crippen LogP contribution < -0.4 is 0 Å². The Morgan fingerprint density at radius 3 is 2.50 bits per heavy atom. The number of rotatable bonds is 2. The molecule has 2 aliphatic rings. The lowest BCUT2D eigenvalue weighted by molar-refractivity contribution is 0.00937. The van der Waals surface area contributed by atoms with Gasteiger partial charge in [0.1, 0.15) is 0 Å². The highest BCUT2D eigenvalue weighted by atomic mass is 16.5. The van der Waals surface area contributed by atoms with E-state index < -0.39 is 0 Å². The zero-order chi connectivity index (χ0) is 9.97. The van der Waals surface area contributed by atoms with Crippen LogP contribution in [0.5, 0.6) is 0 Å². The van der Waals surface area contributed by atoms with Crippen molar-refractivity contribution in [1.82, 2.24) is 0 Å². The molecule has 1 aliphatic carbocycles. The Balaban J connectivity index is 1.88. The number of aliphatic hydroxyl groups is 1. The van der Waals surface area contributed by atoms with Gasteiger partial charge >= 0.3 is 0 Å². The topological polar surface area (TPSA) is 29.5 Å². The summed E-state index contributed by atoms with van der Waals surface area (Å²) in [6.45, 7) is 3.52. The molecule has 0 spiro atoms. The molecule has 2 fully saturated rings. The highest BCUT2D eigenvalue weighted by molar-refractivity contribution is 4.84. The predicted molar refractivity (Wildman–Crippen MR) is 56.1 cm³/mol. The van der Waals surface area contributed by atoms with E-state index in [2.05, 4.69) is 6.92 Å². The van der Waals surface area contributed by atoms with Crippen molar-refractivity contribution in [1.29, 1.82) is 0 Å². The molecule has 2 heteroatoms. The minimum Gasteiger partial charge on any atom is -0.396 e. The van der Waals surface area contributed by atoms with Gasteiger partial charge in [0, 0.05) is 19.1 Å². The van der Waals surface area contributed by atoms with Gasteiger partial charge in [0.2, 0.25) is 0 Å². The molecule has 1 aliphatic heterocycles. The molecule has 2 atom stereocenters. The number of hydrogen-bond acceptors (Lipinski definition) is 2. The van der Waals surface area contributed by atoms with Crippen LogP contribution in [0.25, 0.3) is 0 Å². The average molecular weight is 198 g/mol. The molecule has 1 heterocycles.